The molecular formula is C12H17NO5S. The molecule has 7 heteroatoms. The quantitative estimate of drug-likeness (QED) is 0.715. The molecule has 0 radical (unpaired) electrons. The van der Waals surface area contributed by atoms with Crippen LogP contribution < -0.4 is 10.5 Å². The molecule has 106 valence electrons. The van der Waals surface area contributed by atoms with Crippen LogP contribution in [0.25, 0.3) is 0 Å². The van der Waals surface area contributed by atoms with Crippen molar-refractivity contribution in [3.8, 4) is 5.75 Å². The zero-order valence-corrected chi connectivity index (χ0v) is 11.5. The van der Waals surface area contributed by atoms with E-state index in [0.29, 0.717) is 12.3 Å². The van der Waals surface area contributed by atoms with Crippen LogP contribution >= 0.6 is 0 Å². The Kier molecular flexibility index (Phi) is 5.78. The molecule has 6 nitrogen and oxygen atoms in total. The number of rotatable bonds is 7. The van der Waals surface area contributed by atoms with Crippen molar-refractivity contribution in [2.45, 2.75) is 6.54 Å². The highest BCUT2D eigenvalue weighted by atomic mass is 32.2. The minimum Gasteiger partial charge on any atom is -0.492 e. The summed E-state index contributed by atoms with van der Waals surface area (Å²) < 4.78 is 32.8. The number of hydrogen-bond acceptors (Lipinski definition) is 6. The van der Waals surface area contributed by atoms with Crippen LogP contribution in [0, 0.1) is 0 Å². The number of hydrogen-bond donors (Lipinski definition) is 1. The lowest BCUT2D eigenvalue weighted by Gasteiger charge is -2.10. The van der Waals surface area contributed by atoms with E-state index in [0.717, 1.165) is 12.7 Å². The molecule has 1 rings (SSSR count). The average molecular weight is 287 g/mol. The third-order valence-corrected chi connectivity index (χ3v) is 3.87. The Balaban J connectivity index is 2.52. The van der Waals surface area contributed by atoms with Crippen molar-refractivity contribution in [2.24, 2.45) is 5.73 Å². The van der Waals surface area contributed by atoms with E-state index < -0.39 is 21.6 Å². The van der Waals surface area contributed by atoms with Gasteiger partial charge in [-0.25, -0.2) is 8.42 Å². The highest BCUT2D eigenvalue weighted by Crippen LogP contribution is 2.16. The van der Waals surface area contributed by atoms with E-state index in [4.69, 9.17) is 10.5 Å². The van der Waals surface area contributed by atoms with Crippen LogP contribution in [0.3, 0.4) is 0 Å². The molecule has 1 aromatic rings. The molecule has 19 heavy (non-hydrogen) atoms. The van der Waals surface area contributed by atoms with Gasteiger partial charge in [0.05, 0.1) is 12.9 Å². The molecule has 1 aromatic carbocycles. The number of sulfone groups is 1. The summed E-state index contributed by atoms with van der Waals surface area (Å²) in [5.74, 6) is -1.10. The topological polar surface area (TPSA) is 95.7 Å². The van der Waals surface area contributed by atoms with Gasteiger partial charge in [-0.2, -0.15) is 0 Å². The van der Waals surface area contributed by atoms with Crippen molar-refractivity contribution >= 4 is 15.8 Å². The van der Waals surface area contributed by atoms with Crippen LogP contribution in [0.1, 0.15) is 5.56 Å². The van der Waals surface area contributed by atoms with Gasteiger partial charge in [0, 0.05) is 12.1 Å². The van der Waals surface area contributed by atoms with E-state index in [-0.39, 0.29) is 12.4 Å². The second-order valence-electron chi connectivity index (χ2n) is 3.83. The van der Waals surface area contributed by atoms with Crippen molar-refractivity contribution in [3.63, 3.8) is 0 Å². The minimum atomic E-state index is -3.51. The molecule has 0 bridgehead atoms. The Morgan fingerprint density at radius 2 is 2.00 bits per heavy atom. The van der Waals surface area contributed by atoms with Gasteiger partial charge in [-0.3, -0.25) is 4.79 Å². The summed E-state index contributed by atoms with van der Waals surface area (Å²) in [4.78, 5) is 10.9. The third-order valence-electron chi connectivity index (χ3n) is 2.41. The first-order valence-corrected chi connectivity index (χ1v) is 7.48. The summed E-state index contributed by atoms with van der Waals surface area (Å²) in [7, 11) is -2.37. The summed E-state index contributed by atoms with van der Waals surface area (Å²) >= 11 is 0. The third kappa shape index (κ3) is 5.27. The average Bonchev–Trinajstić information content (AvgIpc) is 2.38. The fraction of sp³-hybridized carbons (Fsp3) is 0.417. The molecule has 0 saturated carbocycles. The van der Waals surface area contributed by atoms with Gasteiger partial charge in [-0.15, -0.1) is 0 Å². The van der Waals surface area contributed by atoms with E-state index in [1.807, 2.05) is 6.07 Å². The lowest BCUT2D eigenvalue weighted by atomic mass is 10.2. The lowest BCUT2D eigenvalue weighted by molar-refractivity contribution is -0.137. The zero-order valence-electron chi connectivity index (χ0n) is 10.7. The molecule has 0 aliphatic heterocycles. The Labute approximate surface area is 112 Å². The van der Waals surface area contributed by atoms with Gasteiger partial charge >= 0.3 is 5.97 Å². The Bertz CT molecular complexity index is 527. The van der Waals surface area contributed by atoms with Gasteiger partial charge in [-0.1, -0.05) is 18.2 Å². The number of ether oxygens (including phenoxy) is 2. The van der Waals surface area contributed by atoms with Crippen molar-refractivity contribution in [1.82, 2.24) is 0 Å². The number of para-hydroxylation sites is 1. The van der Waals surface area contributed by atoms with E-state index in [9.17, 15) is 13.2 Å². The Hall–Kier alpha value is -1.60. The van der Waals surface area contributed by atoms with Crippen molar-refractivity contribution < 1.29 is 22.7 Å². The van der Waals surface area contributed by atoms with Crippen LogP contribution in [0.5, 0.6) is 5.75 Å². The lowest BCUT2D eigenvalue weighted by Crippen LogP contribution is -2.23. The van der Waals surface area contributed by atoms with E-state index in [1.165, 1.54) is 0 Å². The van der Waals surface area contributed by atoms with Gasteiger partial charge in [0.2, 0.25) is 0 Å². The fourth-order valence-electron chi connectivity index (χ4n) is 1.40. The minimum absolute atomic E-state index is 0.0314. The van der Waals surface area contributed by atoms with Gasteiger partial charge in [0.1, 0.15) is 18.1 Å². The van der Waals surface area contributed by atoms with Crippen molar-refractivity contribution in [1.29, 1.82) is 0 Å². The van der Waals surface area contributed by atoms with Gasteiger partial charge in [0.15, 0.2) is 9.84 Å². The molecular weight excluding hydrogens is 270 g/mol. The maximum Gasteiger partial charge on any atom is 0.320 e. The second-order valence-corrected chi connectivity index (χ2v) is 6.01. The maximum atomic E-state index is 11.5. The van der Waals surface area contributed by atoms with Crippen LogP contribution in [-0.4, -0.2) is 39.6 Å². The molecule has 0 atom stereocenters. The molecule has 0 heterocycles. The predicted molar refractivity (Wildman–Crippen MR) is 70.5 cm³/mol. The SMILES string of the molecule is COC(=O)CS(=O)(=O)CCOc1ccccc1CN. The first-order valence-electron chi connectivity index (χ1n) is 5.66. The summed E-state index contributed by atoms with van der Waals surface area (Å²) in [6, 6.07) is 7.12. The van der Waals surface area contributed by atoms with E-state index >= 15 is 0 Å². The standard InChI is InChI=1S/C12H17NO5S/c1-17-12(14)9-19(15,16)7-6-18-11-5-3-2-4-10(11)8-13/h2-5H,6-9,13H2,1H3. The first-order chi connectivity index (χ1) is 8.98. The molecule has 0 saturated heterocycles. The highest BCUT2D eigenvalue weighted by Gasteiger charge is 2.17. The number of nitrogens with two attached hydrogens (primary N) is 1. The van der Waals surface area contributed by atoms with Crippen LogP contribution in [0.4, 0.5) is 0 Å². The first kappa shape index (κ1) is 15.5. The van der Waals surface area contributed by atoms with Crippen LogP contribution in [0.2, 0.25) is 0 Å². The second kappa shape index (κ2) is 7.10. The van der Waals surface area contributed by atoms with Crippen LogP contribution in [-0.2, 0) is 25.9 Å². The van der Waals surface area contributed by atoms with Gasteiger partial charge in [-0.05, 0) is 6.07 Å². The molecule has 0 spiro atoms. The Morgan fingerprint density at radius 1 is 1.32 bits per heavy atom. The number of benzene rings is 1. The molecule has 0 aliphatic rings. The molecule has 0 aliphatic carbocycles. The monoisotopic (exact) mass is 287 g/mol. The molecule has 0 amide bonds. The zero-order chi connectivity index (χ0) is 14.3. The molecule has 0 fully saturated rings. The smallest absolute Gasteiger partial charge is 0.320 e. The van der Waals surface area contributed by atoms with Crippen molar-refractivity contribution in [3.05, 3.63) is 29.8 Å². The van der Waals surface area contributed by atoms with Gasteiger partial charge < -0.3 is 15.2 Å². The van der Waals surface area contributed by atoms with E-state index in [1.54, 1.807) is 18.2 Å². The van der Waals surface area contributed by atoms with Crippen molar-refractivity contribution in [2.75, 3.05) is 25.2 Å². The fourth-order valence-corrected chi connectivity index (χ4v) is 2.36. The molecule has 2 N–H and O–H groups in total. The number of methoxy groups -OCH3 is 1. The number of carbonyl (C=O) groups excluding carboxylic acids is 1. The van der Waals surface area contributed by atoms with Gasteiger partial charge in [0.25, 0.3) is 0 Å². The van der Waals surface area contributed by atoms with Crippen LogP contribution in [0.15, 0.2) is 24.3 Å². The summed E-state index contributed by atoms with van der Waals surface area (Å²) in [6.45, 7) is 0.279. The maximum absolute atomic E-state index is 11.5. The summed E-state index contributed by atoms with van der Waals surface area (Å²) in [5, 5.41) is 0. The summed E-state index contributed by atoms with van der Waals surface area (Å²) in [5.41, 5.74) is 6.33. The Morgan fingerprint density at radius 3 is 2.63 bits per heavy atom. The number of carbonyl (C=O) groups is 1. The largest absolute Gasteiger partial charge is 0.492 e. The molecule has 0 aromatic heterocycles. The summed E-state index contributed by atoms with van der Waals surface area (Å²) in [6.07, 6.45) is 0. The normalized spacial score (nSPS) is 11.1. The molecule has 0 unspecified atom stereocenters. The highest BCUT2D eigenvalue weighted by molar-refractivity contribution is 7.92. The predicted octanol–water partition coefficient (Wildman–Crippen LogP) is 0.112. The van der Waals surface area contributed by atoms with E-state index in [2.05, 4.69) is 4.74 Å². The number of esters is 1.